The van der Waals surface area contributed by atoms with Gasteiger partial charge in [0.2, 0.25) is 11.0 Å². The Hall–Kier alpha value is -3.40. The van der Waals surface area contributed by atoms with Gasteiger partial charge in [0, 0.05) is 16.9 Å². The fraction of sp³-hybridized carbons (Fsp3) is 0.375. The molecule has 0 saturated heterocycles. The summed E-state index contributed by atoms with van der Waals surface area (Å²) in [6, 6.07) is 7.64. The lowest BCUT2D eigenvalue weighted by atomic mass is 9.97. The second-order valence-corrected chi connectivity index (χ2v) is 9.72. The van der Waals surface area contributed by atoms with E-state index in [0.717, 1.165) is 36.9 Å². The zero-order chi connectivity index (χ0) is 24.1. The van der Waals surface area contributed by atoms with E-state index in [4.69, 9.17) is 0 Å². The molecule has 1 atom stereocenters. The number of hydrogen-bond acceptors (Lipinski definition) is 7. The van der Waals surface area contributed by atoms with Crippen molar-refractivity contribution in [3.05, 3.63) is 58.6 Å². The van der Waals surface area contributed by atoms with E-state index in [0.29, 0.717) is 34.4 Å². The Labute approximate surface area is 201 Å². The lowest BCUT2D eigenvalue weighted by Crippen LogP contribution is -2.44. The molecule has 0 bridgehead atoms. The summed E-state index contributed by atoms with van der Waals surface area (Å²) in [7, 11) is 0. The minimum Gasteiger partial charge on any atom is -0.353 e. The van der Waals surface area contributed by atoms with Crippen LogP contribution >= 0.6 is 11.3 Å². The summed E-state index contributed by atoms with van der Waals surface area (Å²) in [5.41, 5.74) is 1.87. The zero-order valence-corrected chi connectivity index (χ0v) is 19.9. The summed E-state index contributed by atoms with van der Waals surface area (Å²) < 4.78 is 14.1. The van der Waals surface area contributed by atoms with Gasteiger partial charge in [-0.2, -0.15) is 0 Å². The molecule has 1 aromatic carbocycles. The third kappa shape index (κ3) is 6.13. The van der Waals surface area contributed by atoms with Crippen molar-refractivity contribution in [1.29, 1.82) is 0 Å². The molecule has 1 saturated carbocycles. The predicted octanol–water partition coefficient (Wildman–Crippen LogP) is 4.75. The highest BCUT2D eigenvalue weighted by atomic mass is 32.1. The Morgan fingerprint density at radius 3 is 2.71 bits per heavy atom. The number of nitrogens with zero attached hydrogens (tertiary/aromatic N) is 3. The Bertz CT molecular complexity index is 1180. The van der Waals surface area contributed by atoms with E-state index in [2.05, 4.69) is 31.1 Å². The average molecular weight is 483 g/mol. The first-order valence-electron chi connectivity index (χ1n) is 11.3. The second kappa shape index (κ2) is 10.7. The Kier molecular flexibility index (Phi) is 7.46. The van der Waals surface area contributed by atoms with Crippen LogP contribution in [0, 0.1) is 25.6 Å². The van der Waals surface area contributed by atoms with E-state index in [1.807, 2.05) is 6.92 Å². The first-order chi connectivity index (χ1) is 16.4. The van der Waals surface area contributed by atoms with E-state index < -0.39 is 11.9 Å². The second-order valence-electron chi connectivity index (χ2n) is 8.54. The molecule has 2 heterocycles. The maximum absolute atomic E-state index is 14.1. The number of halogens is 1. The number of hydrogen-bond donors (Lipinski definition) is 3. The van der Waals surface area contributed by atoms with Crippen molar-refractivity contribution in [3.8, 4) is 0 Å². The van der Waals surface area contributed by atoms with Gasteiger partial charge in [0.25, 0.3) is 5.91 Å². The van der Waals surface area contributed by atoms with Gasteiger partial charge in [0.05, 0.1) is 11.9 Å². The lowest BCUT2D eigenvalue weighted by Gasteiger charge is -2.21. The predicted molar refractivity (Wildman–Crippen MR) is 130 cm³/mol. The molecular formula is C24H27FN6O2S. The number of pyridine rings is 1. The highest BCUT2D eigenvalue weighted by Crippen LogP contribution is 2.29. The molecule has 34 heavy (non-hydrogen) atoms. The molecule has 3 N–H and O–H groups in total. The van der Waals surface area contributed by atoms with Crippen molar-refractivity contribution in [2.24, 2.45) is 5.92 Å². The van der Waals surface area contributed by atoms with Gasteiger partial charge < -0.3 is 10.6 Å². The van der Waals surface area contributed by atoms with Crippen LogP contribution in [0.1, 0.15) is 53.2 Å². The molecule has 3 aromatic rings. The number of carbonyl (C=O) groups is 2. The van der Waals surface area contributed by atoms with Crippen molar-refractivity contribution in [2.45, 2.75) is 52.0 Å². The van der Waals surface area contributed by atoms with Crippen LogP contribution in [0.5, 0.6) is 0 Å². The van der Waals surface area contributed by atoms with Crippen LogP contribution in [0.15, 0.2) is 36.5 Å². The number of benzene rings is 1. The van der Waals surface area contributed by atoms with E-state index >= 15 is 0 Å². The molecular weight excluding hydrogens is 455 g/mol. The molecule has 0 aliphatic heterocycles. The molecule has 10 heteroatoms. The monoisotopic (exact) mass is 482 g/mol. The summed E-state index contributed by atoms with van der Waals surface area (Å²) >= 11 is 1.29. The molecule has 178 valence electrons. The standard InChI is InChI=1S/C24H27FN6O2S/c1-14-10-20(19(25)13-26-14)27-18-9-5-8-17(12-18)22(32)28-21(11-16-6-3-4-7-16)23(33)29-24-31-30-15(2)34-24/h5,8-10,12-13,16,21H,3-4,6-7,11H2,1-2H3,(H,26,27)(H,28,32)(H,29,31,33). The SMILES string of the molecule is Cc1cc(Nc2cccc(C(=O)NC(CC3CCCC3)C(=O)Nc3nnc(C)s3)c2)c(F)cn1. The first-order valence-corrected chi connectivity index (χ1v) is 12.1. The van der Waals surface area contributed by atoms with Gasteiger partial charge in [-0.25, -0.2) is 4.39 Å². The maximum Gasteiger partial charge on any atom is 0.252 e. The van der Waals surface area contributed by atoms with Gasteiger partial charge in [-0.1, -0.05) is 43.1 Å². The minimum atomic E-state index is -0.697. The van der Waals surface area contributed by atoms with Gasteiger partial charge in [-0.3, -0.25) is 19.9 Å². The van der Waals surface area contributed by atoms with Crippen molar-refractivity contribution in [3.63, 3.8) is 0 Å². The number of rotatable bonds is 8. The summed E-state index contributed by atoms with van der Waals surface area (Å²) in [4.78, 5) is 30.0. The first kappa shape index (κ1) is 23.7. The molecule has 1 unspecified atom stereocenters. The molecule has 2 aromatic heterocycles. The number of aromatic nitrogens is 3. The smallest absolute Gasteiger partial charge is 0.252 e. The summed E-state index contributed by atoms with van der Waals surface area (Å²) in [6.07, 6.45) is 6.10. The van der Waals surface area contributed by atoms with E-state index in [1.54, 1.807) is 37.3 Å². The van der Waals surface area contributed by atoms with Crippen molar-refractivity contribution in [1.82, 2.24) is 20.5 Å². The lowest BCUT2D eigenvalue weighted by molar-refractivity contribution is -0.118. The fourth-order valence-electron chi connectivity index (χ4n) is 4.12. The number of anilines is 3. The van der Waals surface area contributed by atoms with E-state index in [-0.39, 0.29) is 17.5 Å². The van der Waals surface area contributed by atoms with Gasteiger partial charge in [-0.15, -0.1) is 10.2 Å². The summed E-state index contributed by atoms with van der Waals surface area (Å²) in [5.74, 6) is -0.777. The van der Waals surface area contributed by atoms with Crippen LogP contribution < -0.4 is 16.0 Å². The maximum atomic E-state index is 14.1. The van der Waals surface area contributed by atoms with Gasteiger partial charge in [-0.05, 0) is 50.5 Å². The van der Waals surface area contributed by atoms with Crippen molar-refractivity contribution in [2.75, 3.05) is 10.6 Å². The number of nitrogens with one attached hydrogen (secondary N) is 3. The molecule has 8 nitrogen and oxygen atoms in total. The number of amides is 2. The van der Waals surface area contributed by atoms with Crippen LogP contribution in [0.25, 0.3) is 0 Å². The Morgan fingerprint density at radius 2 is 1.97 bits per heavy atom. The largest absolute Gasteiger partial charge is 0.353 e. The Balaban J connectivity index is 1.48. The van der Waals surface area contributed by atoms with Gasteiger partial charge >= 0.3 is 0 Å². The topological polar surface area (TPSA) is 109 Å². The molecule has 2 amide bonds. The molecule has 1 fully saturated rings. The Morgan fingerprint density at radius 1 is 1.18 bits per heavy atom. The zero-order valence-electron chi connectivity index (χ0n) is 19.1. The highest BCUT2D eigenvalue weighted by Gasteiger charge is 2.27. The van der Waals surface area contributed by atoms with Crippen LogP contribution in [-0.4, -0.2) is 33.0 Å². The molecule has 0 spiro atoms. The highest BCUT2D eigenvalue weighted by molar-refractivity contribution is 7.15. The third-order valence-corrected chi connectivity index (χ3v) is 6.57. The fourth-order valence-corrected chi connectivity index (χ4v) is 4.72. The number of aryl methyl sites for hydroxylation is 2. The summed E-state index contributed by atoms with van der Waals surface area (Å²) in [5, 5.41) is 17.7. The van der Waals surface area contributed by atoms with Gasteiger partial charge in [0.15, 0.2) is 5.82 Å². The quantitative estimate of drug-likeness (QED) is 0.428. The van der Waals surface area contributed by atoms with E-state index in [9.17, 15) is 14.0 Å². The van der Waals surface area contributed by atoms with E-state index in [1.165, 1.54) is 11.3 Å². The normalized spacial score (nSPS) is 14.6. The van der Waals surface area contributed by atoms with Crippen LogP contribution in [0.3, 0.4) is 0 Å². The van der Waals surface area contributed by atoms with Crippen molar-refractivity contribution >= 4 is 39.7 Å². The molecule has 1 aliphatic rings. The summed E-state index contributed by atoms with van der Waals surface area (Å²) in [6.45, 7) is 3.58. The third-order valence-electron chi connectivity index (χ3n) is 5.82. The molecule has 0 radical (unpaired) electrons. The molecule has 4 rings (SSSR count). The number of carbonyl (C=O) groups excluding carboxylic acids is 2. The molecule has 1 aliphatic carbocycles. The van der Waals surface area contributed by atoms with Gasteiger partial charge in [0.1, 0.15) is 11.0 Å². The van der Waals surface area contributed by atoms with Crippen LogP contribution in [-0.2, 0) is 4.79 Å². The van der Waals surface area contributed by atoms with Crippen LogP contribution in [0.2, 0.25) is 0 Å². The van der Waals surface area contributed by atoms with Crippen molar-refractivity contribution < 1.29 is 14.0 Å². The minimum absolute atomic E-state index is 0.274. The average Bonchev–Trinajstić information content (AvgIpc) is 3.47. The van der Waals surface area contributed by atoms with Crippen LogP contribution in [0.4, 0.5) is 20.9 Å².